The van der Waals surface area contributed by atoms with Gasteiger partial charge in [-0.1, -0.05) is 164 Å². The van der Waals surface area contributed by atoms with Gasteiger partial charge < -0.3 is 4.42 Å². The van der Waals surface area contributed by atoms with Crippen LogP contribution in [0.15, 0.2) is 211 Å². The van der Waals surface area contributed by atoms with Gasteiger partial charge in [0.25, 0.3) is 0 Å². The van der Waals surface area contributed by atoms with Gasteiger partial charge in [-0.05, 0) is 135 Å². The van der Waals surface area contributed by atoms with Gasteiger partial charge in [-0.15, -0.1) is 0 Å². The number of rotatable bonds is 4. The second-order valence-electron chi connectivity index (χ2n) is 15.2. The molecule has 0 aliphatic rings. The van der Waals surface area contributed by atoms with Crippen molar-refractivity contribution in [1.82, 2.24) is 0 Å². The molecule has 1 heteroatoms. The Morgan fingerprint density at radius 3 is 1.30 bits per heavy atom. The zero-order valence-electron chi connectivity index (χ0n) is 31.0. The third kappa shape index (κ3) is 5.10. The van der Waals surface area contributed by atoms with Gasteiger partial charge in [0, 0.05) is 16.2 Å². The Bertz CT molecular complexity index is 3530. The lowest BCUT2D eigenvalue weighted by Crippen LogP contribution is -1.91. The summed E-state index contributed by atoms with van der Waals surface area (Å²) in [6.45, 7) is 0. The van der Waals surface area contributed by atoms with Crippen LogP contribution in [0.4, 0.5) is 0 Å². The van der Waals surface area contributed by atoms with Crippen molar-refractivity contribution in [1.29, 1.82) is 0 Å². The topological polar surface area (TPSA) is 13.1 Å². The average Bonchev–Trinajstić information content (AvgIpc) is 3.65. The molecule has 1 nitrogen and oxygen atoms in total. The molecule has 264 valence electrons. The Labute approximate surface area is 329 Å². The fourth-order valence-corrected chi connectivity index (χ4v) is 9.25. The third-order valence-corrected chi connectivity index (χ3v) is 12.0. The molecule has 11 aromatic carbocycles. The summed E-state index contributed by atoms with van der Waals surface area (Å²) in [5.41, 5.74) is 11.6. The van der Waals surface area contributed by atoms with Crippen LogP contribution in [-0.4, -0.2) is 0 Å². The standard InChI is InChI=1S/C56H34O/c1-2-12-37-29-42(25-23-35(37)11-1)38-15-9-17-44(30-38)54-46-19-5-7-21-48(46)55(49-22-8-6-20-47(49)54)45-18-10-16-39(31-45)43-26-24-36-27-28-50-52-33-40-13-3-4-14-41(40)34-53(52)57-56(50)51(36)32-43/h1-34H. The quantitative estimate of drug-likeness (QED) is 0.165. The van der Waals surface area contributed by atoms with Crippen LogP contribution in [0.1, 0.15) is 0 Å². The van der Waals surface area contributed by atoms with Crippen LogP contribution in [0.3, 0.4) is 0 Å². The van der Waals surface area contributed by atoms with Crippen molar-refractivity contribution >= 4 is 75.8 Å². The van der Waals surface area contributed by atoms with Crippen molar-refractivity contribution < 1.29 is 4.42 Å². The Hall–Kier alpha value is -7.48. The van der Waals surface area contributed by atoms with E-state index in [-0.39, 0.29) is 0 Å². The van der Waals surface area contributed by atoms with E-state index < -0.39 is 0 Å². The van der Waals surface area contributed by atoms with Gasteiger partial charge in [0.1, 0.15) is 11.2 Å². The van der Waals surface area contributed by atoms with Crippen LogP contribution in [0.2, 0.25) is 0 Å². The van der Waals surface area contributed by atoms with E-state index in [0.717, 1.165) is 27.3 Å². The summed E-state index contributed by atoms with van der Waals surface area (Å²) in [5, 5.41) is 14.5. The van der Waals surface area contributed by atoms with Gasteiger partial charge in [0.05, 0.1) is 0 Å². The van der Waals surface area contributed by atoms with E-state index in [1.807, 2.05) is 0 Å². The highest BCUT2D eigenvalue weighted by molar-refractivity contribution is 6.22. The van der Waals surface area contributed by atoms with E-state index in [0.29, 0.717) is 0 Å². The van der Waals surface area contributed by atoms with Gasteiger partial charge in [-0.2, -0.15) is 0 Å². The second-order valence-corrected chi connectivity index (χ2v) is 15.2. The first-order valence-corrected chi connectivity index (χ1v) is 19.7. The largest absolute Gasteiger partial charge is 0.455 e. The molecule has 12 aromatic rings. The van der Waals surface area contributed by atoms with Crippen molar-refractivity contribution in [2.75, 3.05) is 0 Å². The molecule has 0 amide bonds. The summed E-state index contributed by atoms with van der Waals surface area (Å²) in [6.07, 6.45) is 0. The van der Waals surface area contributed by atoms with Crippen molar-refractivity contribution in [2.45, 2.75) is 0 Å². The van der Waals surface area contributed by atoms with E-state index in [9.17, 15) is 0 Å². The maximum Gasteiger partial charge on any atom is 0.143 e. The van der Waals surface area contributed by atoms with E-state index in [4.69, 9.17) is 4.42 Å². The van der Waals surface area contributed by atoms with Crippen LogP contribution in [0.5, 0.6) is 0 Å². The molecule has 0 unspecified atom stereocenters. The molecule has 0 N–H and O–H groups in total. The normalized spacial score (nSPS) is 11.9. The highest BCUT2D eigenvalue weighted by atomic mass is 16.3. The van der Waals surface area contributed by atoms with Crippen molar-refractivity contribution in [2.24, 2.45) is 0 Å². The van der Waals surface area contributed by atoms with Crippen molar-refractivity contribution in [3.05, 3.63) is 206 Å². The predicted molar refractivity (Wildman–Crippen MR) is 243 cm³/mol. The zero-order valence-corrected chi connectivity index (χ0v) is 31.0. The summed E-state index contributed by atoms with van der Waals surface area (Å²) >= 11 is 0. The molecule has 1 aromatic heterocycles. The molecule has 0 spiro atoms. The van der Waals surface area contributed by atoms with E-state index in [1.54, 1.807) is 0 Å². The fraction of sp³-hybridized carbons (Fsp3) is 0. The van der Waals surface area contributed by atoms with Crippen LogP contribution < -0.4 is 0 Å². The minimum atomic E-state index is 0.922. The van der Waals surface area contributed by atoms with E-state index in [2.05, 4.69) is 206 Å². The summed E-state index contributed by atoms with van der Waals surface area (Å²) in [5.74, 6) is 0. The first-order valence-electron chi connectivity index (χ1n) is 19.7. The fourth-order valence-electron chi connectivity index (χ4n) is 9.25. The molecule has 0 fully saturated rings. The smallest absolute Gasteiger partial charge is 0.143 e. The SMILES string of the molecule is c1cc(-c2ccc3ccccc3c2)cc(-c2c3ccccc3c(-c3cccc(-c4ccc5ccc6c7cc8ccccc8cc7oc6c5c4)c3)c3ccccc23)c1. The van der Waals surface area contributed by atoms with Crippen LogP contribution in [0.25, 0.3) is 120 Å². The summed E-state index contributed by atoms with van der Waals surface area (Å²) < 4.78 is 6.65. The Balaban J connectivity index is 1.01. The number of hydrogen-bond donors (Lipinski definition) is 0. The van der Waals surface area contributed by atoms with Crippen LogP contribution in [-0.2, 0) is 0 Å². The number of furan rings is 1. The number of hydrogen-bond acceptors (Lipinski definition) is 1. The maximum atomic E-state index is 6.65. The average molecular weight is 723 g/mol. The Morgan fingerprint density at radius 1 is 0.228 bits per heavy atom. The lowest BCUT2D eigenvalue weighted by atomic mass is 9.85. The summed E-state index contributed by atoms with van der Waals surface area (Å²) in [6, 6.07) is 75.4. The van der Waals surface area contributed by atoms with Gasteiger partial charge in [-0.3, -0.25) is 0 Å². The van der Waals surface area contributed by atoms with Crippen LogP contribution >= 0.6 is 0 Å². The first kappa shape index (κ1) is 31.8. The monoisotopic (exact) mass is 722 g/mol. The zero-order chi connectivity index (χ0) is 37.5. The molecule has 0 saturated heterocycles. The third-order valence-electron chi connectivity index (χ3n) is 12.0. The van der Waals surface area contributed by atoms with Gasteiger partial charge >= 0.3 is 0 Å². The second kappa shape index (κ2) is 12.5. The molecular formula is C56H34O. The highest BCUT2D eigenvalue weighted by Gasteiger charge is 2.18. The molecule has 1 heterocycles. The first-order chi connectivity index (χ1) is 28.2. The highest BCUT2D eigenvalue weighted by Crippen LogP contribution is 2.45. The molecule has 12 rings (SSSR count). The van der Waals surface area contributed by atoms with Crippen molar-refractivity contribution in [3.63, 3.8) is 0 Å². The molecule has 57 heavy (non-hydrogen) atoms. The van der Waals surface area contributed by atoms with Crippen molar-refractivity contribution in [3.8, 4) is 44.5 Å². The summed E-state index contributed by atoms with van der Waals surface area (Å²) in [4.78, 5) is 0. The van der Waals surface area contributed by atoms with Gasteiger partial charge in [0.15, 0.2) is 0 Å². The van der Waals surface area contributed by atoms with Gasteiger partial charge in [-0.25, -0.2) is 0 Å². The molecular weight excluding hydrogens is 689 g/mol. The predicted octanol–water partition coefficient (Wildman–Crippen LogP) is 16.0. The molecule has 0 atom stereocenters. The molecule has 0 aliphatic carbocycles. The molecule has 0 aliphatic heterocycles. The minimum Gasteiger partial charge on any atom is -0.455 e. The Kier molecular flexibility index (Phi) is 7.00. The summed E-state index contributed by atoms with van der Waals surface area (Å²) in [7, 11) is 0. The maximum absolute atomic E-state index is 6.65. The van der Waals surface area contributed by atoms with Gasteiger partial charge in [0.2, 0.25) is 0 Å². The lowest BCUT2D eigenvalue weighted by molar-refractivity contribution is 0.673. The van der Waals surface area contributed by atoms with E-state index in [1.165, 1.54) is 93.0 Å². The molecule has 0 bridgehead atoms. The number of benzene rings is 11. The molecule has 0 saturated carbocycles. The van der Waals surface area contributed by atoms with E-state index >= 15 is 0 Å². The molecule has 0 radical (unpaired) electrons. The Morgan fingerprint density at radius 2 is 0.684 bits per heavy atom. The minimum absolute atomic E-state index is 0.922. The lowest BCUT2D eigenvalue weighted by Gasteiger charge is -2.18. The van der Waals surface area contributed by atoms with Crippen LogP contribution in [0, 0.1) is 0 Å². The number of fused-ring (bicyclic) bond motifs is 9.